The van der Waals surface area contributed by atoms with Crippen molar-refractivity contribution in [2.45, 2.75) is 25.7 Å². The molecule has 0 saturated carbocycles. The second-order valence-corrected chi connectivity index (χ2v) is 7.76. The predicted octanol–water partition coefficient (Wildman–Crippen LogP) is 4.15. The highest BCUT2D eigenvalue weighted by atomic mass is 19.4. The van der Waals surface area contributed by atoms with E-state index in [0.717, 1.165) is 50.3 Å². The average molecular weight is 391 g/mol. The van der Waals surface area contributed by atoms with E-state index >= 15 is 0 Å². The molecule has 2 fully saturated rings. The standard InChI is InChI=1S/C21H24F3N3O/c22-21(23,24)28-19-7-5-17(6-8-19)26-11-9-20(10-12-26)14-27(15-20)18-3-1-16(13-25)2-4-18/h1-8H,9-15,25H2. The summed E-state index contributed by atoms with van der Waals surface area (Å²) in [5.74, 6) is -0.181. The van der Waals surface area contributed by atoms with Crippen LogP contribution in [0.5, 0.6) is 5.75 Å². The van der Waals surface area contributed by atoms with Crippen LogP contribution in [-0.4, -0.2) is 32.5 Å². The van der Waals surface area contributed by atoms with Crippen LogP contribution < -0.4 is 20.3 Å². The Bertz CT molecular complexity index is 789. The van der Waals surface area contributed by atoms with Crippen molar-refractivity contribution in [3.05, 3.63) is 54.1 Å². The molecule has 0 bridgehead atoms. The van der Waals surface area contributed by atoms with E-state index in [9.17, 15) is 13.2 Å². The first kappa shape index (κ1) is 18.9. The Morgan fingerprint density at radius 2 is 1.39 bits per heavy atom. The molecule has 2 heterocycles. The summed E-state index contributed by atoms with van der Waals surface area (Å²) < 4.78 is 40.8. The number of hydrogen-bond acceptors (Lipinski definition) is 4. The normalized spacial score (nSPS) is 18.9. The molecule has 4 nitrogen and oxygen atoms in total. The molecule has 2 N–H and O–H groups in total. The maximum absolute atomic E-state index is 12.3. The summed E-state index contributed by atoms with van der Waals surface area (Å²) in [4.78, 5) is 4.64. The van der Waals surface area contributed by atoms with E-state index in [4.69, 9.17) is 5.73 Å². The van der Waals surface area contributed by atoms with E-state index in [1.165, 1.54) is 17.8 Å². The largest absolute Gasteiger partial charge is 0.573 e. The van der Waals surface area contributed by atoms with Crippen molar-refractivity contribution in [1.29, 1.82) is 0 Å². The summed E-state index contributed by atoms with van der Waals surface area (Å²) in [7, 11) is 0. The molecule has 28 heavy (non-hydrogen) atoms. The third-order valence-corrected chi connectivity index (χ3v) is 5.85. The zero-order valence-corrected chi connectivity index (χ0v) is 15.6. The number of halogens is 3. The fourth-order valence-corrected chi connectivity index (χ4v) is 4.20. The first-order valence-electron chi connectivity index (χ1n) is 9.51. The minimum Gasteiger partial charge on any atom is -0.406 e. The SMILES string of the molecule is NCc1ccc(N2CC3(CCN(c4ccc(OC(F)(F)F)cc4)CC3)C2)cc1. The number of ether oxygens (including phenoxy) is 1. The number of rotatable bonds is 4. The number of alkyl halides is 3. The molecule has 2 saturated heterocycles. The molecule has 2 aromatic carbocycles. The number of nitrogens with two attached hydrogens (primary N) is 1. The third kappa shape index (κ3) is 4.04. The summed E-state index contributed by atoms with van der Waals surface area (Å²) in [6, 6.07) is 14.6. The Morgan fingerprint density at radius 1 is 0.857 bits per heavy atom. The lowest BCUT2D eigenvalue weighted by molar-refractivity contribution is -0.274. The lowest BCUT2D eigenvalue weighted by atomic mass is 9.71. The summed E-state index contributed by atoms with van der Waals surface area (Å²) in [5, 5.41) is 0. The van der Waals surface area contributed by atoms with Crippen molar-refractivity contribution < 1.29 is 17.9 Å². The third-order valence-electron chi connectivity index (χ3n) is 5.85. The molecule has 7 heteroatoms. The molecule has 150 valence electrons. The zero-order chi connectivity index (χ0) is 19.8. The van der Waals surface area contributed by atoms with Crippen molar-refractivity contribution in [2.24, 2.45) is 11.1 Å². The van der Waals surface area contributed by atoms with Gasteiger partial charge in [-0.15, -0.1) is 13.2 Å². The molecular weight excluding hydrogens is 367 g/mol. The Hall–Kier alpha value is -2.41. The summed E-state index contributed by atoms with van der Waals surface area (Å²) in [5.41, 5.74) is 9.33. The van der Waals surface area contributed by atoms with Gasteiger partial charge in [0.2, 0.25) is 0 Å². The maximum atomic E-state index is 12.3. The van der Waals surface area contributed by atoms with E-state index in [2.05, 4.69) is 38.8 Å². The van der Waals surface area contributed by atoms with Gasteiger partial charge in [0.05, 0.1) is 0 Å². The van der Waals surface area contributed by atoms with Crippen LogP contribution in [0.3, 0.4) is 0 Å². The van der Waals surface area contributed by atoms with E-state index in [1.807, 2.05) is 0 Å². The first-order valence-corrected chi connectivity index (χ1v) is 9.51. The Labute approximate surface area is 162 Å². The van der Waals surface area contributed by atoms with Gasteiger partial charge in [0.15, 0.2) is 0 Å². The van der Waals surface area contributed by atoms with Gasteiger partial charge in [-0.1, -0.05) is 12.1 Å². The Kier molecular flexibility index (Phi) is 4.87. The van der Waals surface area contributed by atoms with Gasteiger partial charge in [-0.2, -0.15) is 0 Å². The van der Waals surface area contributed by atoms with Crippen LogP contribution in [0.15, 0.2) is 48.5 Å². The van der Waals surface area contributed by atoms with Crippen LogP contribution in [-0.2, 0) is 6.54 Å². The summed E-state index contributed by atoms with van der Waals surface area (Å²) >= 11 is 0. The van der Waals surface area contributed by atoms with Crippen LogP contribution in [0.4, 0.5) is 24.5 Å². The highest BCUT2D eigenvalue weighted by Crippen LogP contribution is 2.43. The van der Waals surface area contributed by atoms with Crippen LogP contribution in [0.1, 0.15) is 18.4 Å². The van der Waals surface area contributed by atoms with Gasteiger partial charge in [0.1, 0.15) is 5.75 Å². The van der Waals surface area contributed by atoms with Gasteiger partial charge in [0, 0.05) is 49.5 Å². The fraction of sp³-hybridized carbons (Fsp3) is 0.429. The zero-order valence-electron chi connectivity index (χ0n) is 15.6. The highest BCUT2D eigenvalue weighted by molar-refractivity contribution is 5.53. The molecule has 0 aliphatic carbocycles. The molecule has 0 radical (unpaired) electrons. The molecule has 0 atom stereocenters. The van der Waals surface area contributed by atoms with E-state index < -0.39 is 6.36 Å². The van der Waals surface area contributed by atoms with E-state index in [0.29, 0.717) is 12.0 Å². The van der Waals surface area contributed by atoms with Crippen molar-refractivity contribution in [2.75, 3.05) is 36.0 Å². The number of hydrogen-bond donors (Lipinski definition) is 1. The first-order chi connectivity index (χ1) is 13.4. The summed E-state index contributed by atoms with van der Waals surface area (Å²) in [6.45, 7) is 4.50. The van der Waals surface area contributed by atoms with Crippen molar-refractivity contribution in [1.82, 2.24) is 0 Å². The lowest BCUT2D eigenvalue weighted by Crippen LogP contribution is -2.60. The van der Waals surface area contributed by atoms with Gasteiger partial charge in [0.25, 0.3) is 0 Å². The smallest absolute Gasteiger partial charge is 0.406 e. The van der Waals surface area contributed by atoms with Gasteiger partial charge in [-0.25, -0.2) is 0 Å². The number of nitrogens with zero attached hydrogens (tertiary/aromatic N) is 2. The molecular formula is C21H24F3N3O. The molecule has 0 aromatic heterocycles. The van der Waals surface area contributed by atoms with Crippen molar-refractivity contribution in [3.8, 4) is 5.75 Å². The van der Waals surface area contributed by atoms with Gasteiger partial charge < -0.3 is 20.3 Å². The van der Waals surface area contributed by atoms with Crippen LogP contribution >= 0.6 is 0 Å². The Morgan fingerprint density at radius 3 is 1.93 bits per heavy atom. The number of piperidine rings is 1. The van der Waals surface area contributed by atoms with Crippen molar-refractivity contribution in [3.63, 3.8) is 0 Å². The van der Waals surface area contributed by atoms with Crippen LogP contribution in [0.2, 0.25) is 0 Å². The minimum absolute atomic E-state index is 0.181. The van der Waals surface area contributed by atoms with Gasteiger partial charge in [-0.3, -0.25) is 0 Å². The number of benzene rings is 2. The van der Waals surface area contributed by atoms with E-state index in [1.54, 1.807) is 12.1 Å². The summed E-state index contributed by atoms with van der Waals surface area (Å²) in [6.07, 6.45) is -2.48. The van der Waals surface area contributed by atoms with Crippen molar-refractivity contribution >= 4 is 11.4 Å². The molecule has 2 aromatic rings. The topological polar surface area (TPSA) is 41.7 Å². The fourth-order valence-electron chi connectivity index (χ4n) is 4.20. The monoisotopic (exact) mass is 391 g/mol. The second kappa shape index (κ2) is 7.20. The van der Waals surface area contributed by atoms with Gasteiger partial charge in [-0.05, 0) is 54.8 Å². The Balaban J connectivity index is 1.30. The lowest BCUT2D eigenvalue weighted by Gasteiger charge is -2.55. The average Bonchev–Trinajstić information content (AvgIpc) is 2.66. The molecule has 1 spiro atoms. The van der Waals surface area contributed by atoms with Crippen LogP contribution in [0.25, 0.3) is 0 Å². The number of anilines is 2. The highest BCUT2D eigenvalue weighted by Gasteiger charge is 2.44. The quantitative estimate of drug-likeness (QED) is 0.850. The molecule has 2 aliphatic rings. The minimum atomic E-state index is -4.65. The maximum Gasteiger partial charge on any atom is 0.573 e. The predicted molar refractivity (Wildman–Crippen MR) is 104 cm³/mol. The van der Waals surface area contributed by atoms with Gasteiger partial charge >= 0.3 is 6.36 Å². The van der Waals surface area contributed by atoms with E-state index in [-0.39, 0.29) is 5.75 Å². The molecule has 2 aliphatic heterocycles. The second-order valence-electron chi connectivity index (χ2n) is 7.76. The molecule has 4 rings (SSSR count). The molecule has 0 unspecified atom stereocenters. The molecule has 0 amide bonds. The van der Waals surface area contributed by atoms with Crippen LogP contribution in [0, 0.1) is 5.41 Å².